The molecule has 338 valence electrons. The number of carbonyl (C=O) groups excluding carboxylic acids is 1. The van der Waals surface area contributed by atoms with Crippen LogP contribution in [0.3, 0.4) is 0 Å². The first kappa shape index (κ1) is 52.3. The smallest absolute Gasteiger partial charge is 0.442 e. The fourth-order valence-electron chi connectivity index (χ4n) is 4.42. The van der Waals surface area contributed by atoms with E-state index in [1.54, 1.807) is 10.8 Å². The van der Waals surface area contributed by atoms with Gasteiger partial charge in [-0.25, -0.2) is 22.7 Å². The lowest BCUT2D eigenvalue weighted by molar-refractivity contribution is -0.138. The lowest BCUT2D eigenvalue weighted by atomic mass is 9.97. The van der Waals surface area contributed by atoms with Crippen molar-refractivity contribution in [3.63, 3.8) is 0 Å². The quantitative estimate of drug-likeness (QED) is 0.0947. The van der Waals surface area contributed by atoms with Crippen molar-refractivity contribution in [3.05, 3.63) is 74.3 Å². The number of aryl methyl sites for hydroxylation is 2. The summed E-state index contributed by atoms with van der Waals surface area (Å²) < 4.78 is 91.4. The van der Waals surface area contributed by atoms with E-state index in [0.717, 1.165) is 10.7 Å². The number of nitrogens with one attached hydrogen (secondary N) is 2. The number of hydrogen-bond acceptors (Lipinski definition) is 14. The highest BCUT2D eigenvalue weighted by molar-refractivity contribution is 7.90. The van der Waals surface area contributed by atoms with E-state index >= 15 is 0 Å². The first-order valence-corrected chi connectivity index (χ1v) is 22.2. The Morgan fingerprint density at radius 2 is 1.70 bits per heavy atom. The first-order valence-electron chi connectivity index (χ1n) is 17.7. The molecular formula is C35H46Cl2F3N8O11PS. The number of methoxy groups -OCH3 is 1. The number of alkyl halides is 3. The van der Waals surface area contributed by atoms with Gasteiger partial charge in [0.2, 0.25) is 11.8 Å². The van der Waals surface area contributed by atoms with Gasteiger partial charge in [0.25, 0.3) is 10.0 Å². The van der Waals surface area contributed by atoms with E-state index in [1.807, 2.05) is 34.6 Å². The Hall–Kier alpha value is -4.80. The van der Waals surface area contributed by atoms with Gasteiger partial charge in [-0.2, -0.15) is 32.8 Å². The van der Waals surface area contributed by atoms with Gasteiger partial charge in [-0.1, -0.05) is 62.2 Å². The monoisotopic (exact) mass is 944 g/mol. The molecule has 26 heteroatoms. The SMILES string of the molecule is CC(C)Oc1cc(-n2nc(C(C)(C)C)oc2=O)c(Cl)cc1Cl.COc1nc(C)nc(NC(=O)NS(=O)(=O)c2ccccc2CCC(F)(F)F)n1.CP(=O)(O)CCC(N)C(=O)O. The number of carboxylic acid groups (broad SMARTS) is 1. The van der Waals surface area contributed by atoms with E-state index < -0.39 is 65.1 Å². The number of urea groups is 1. The van der Waals surface area contributed by atoms with Gasteiger partial charge in [-0.3, -0.25) is 14.7 Å². The van der Waals surface area contributed by atoms with Crippen LogP contribution in [0.2, 0.25) is 10.0 Å². The fourth-order valence-corrected chi connectivity index (χ4v) is 6.86. The molecule has 2 aromatic heterocycles. The first-order chi connectivity index (χ1) is 27.9. The second kappa shape index (κ2) is 21.8. The van der Waals surface area contributed by atoms with Crippen molar-refractivity contribution in [2.75, 3.05) is 25.3 Å². The minimum atomic E-state index is -4.45. The molecule has 0 radical (unpaired) electrons. The number of carboxylic acids is 1. The number of aliphatic carboxylic acids is 1. The average Bonchev–Trinajstić information content (AvgIpc) is 3.52. The maximum Gasteiger partial charge on any atom is 0.442 e. The van der Waals surface area contributed by atoms with Crippen LogP contribution >= 0.6 is 30.6 Å². The molecule has 0 saturated heterocycles. The van der Waals surface area contributed by atoms with E-state index in [-0.39, 0.29) is 52.5 Å². The molecular weight excluding hydrogens is 899 g/mol. The summed E-state index contributed by atoms with van der Waals surface area (Å²) in [5.41, 5.74) is 5.00. The van der Waals surface area contributed by atoms with E-state index in [9.17, 15) is 40.5 Å². The molecule has 0 bridgehead atoms. The van der Waals surface area contributed by atoms with Crippen molar-refractivity contribution in [1.82, 2.24) is 29.5 Å². The zero-order valence-electron chi connectivity index (χ0n) is 34.1. The molecule has 61 heavy (non-hydrogen) atoms. The Bertz CT molecular complexity index is 2370. The second-order valence-electron chi connectivity index (χ2n) is 14.2. The summed E-state index contributed by atoms with van der Waals surface area (Å²) in [6.45, 7) is 12.1. The van der Waals surface area contributed by atoms with Gasteiger partial charge in [0, 0.05) is 30.7 Å². The number of sulfonamides is 1. The topological polar surface area (TPSA) is 281 Å². The maximum absolute atomic E-state index is 12.5. The van der Waals surface area contributed by atoms with Crippen LogP contribution in [0.25, 0.3) is 5.69 Å². The third kappa shape index (κ3) is 18.0. The summed E-state index contributed by atoms with van der Waals surface area (Å²) in [5, 5.41) is 15.3. The van der Waals surface area contributed by atoms with Crippen LogP contribution in [0.1, 0.15) is 64.7 Å². The maximum atomic E-state index is 12.5. The Balaban J connectivity index is 0.000000345. The van der Waals surface area contributed by atoms with E-state index in [0.29, 0.717) is 22.4 Å². The molecule has 2 heterocycles. The molecule has 0 saturated carbocycles. The predicted octanol–water partition coefficient (Wildman–Crippen LogP) is 6.10. The zero-order valence-corrected chi connectivity index (χ0v) is 37.3. The average molecular weight is 946 g/mol. The highest BCUT2D eigenvalue weighted by Crippen LogP contribution is 2.36. The van der Waals surface area contributed by atoms with Crippen molar-refractivity contribution in [3.8, 4) is 17.4 Å². The molecule has 0 spiro atoms. The van der Waals surface area contributed by atoms with Crippen LogP contribution in [0.5, 0.6) is 11.8 Å². The number of carbonyl (C=O) groups is 2. The number of anilines is 1. The number of amides is 2. The van der Waals surface area contributed by atoms with Gasteiger partial charge in [0.05, 0.1) is 33.8 Å². The van der Waals surface area contributed by atoms with Gasteiger partial charge in [-0.05, 0) is 51.3 Å². The number of nitrogens with zero attached hydrogens (tertiary/aromatic N) is 5. The number of rotatable bonds is 13. The Morgan fingerprint density at radius 1 is 1.08 bits per heavy atom. The fraction of sp³-hybridized carbons (Fsp3) is 0.457. The summed E-state index contributed by atoms with van der Waals surface area (Å²) >= 11 is 12.3. The Morgan fingerprint density at radius 3 is 2.23 bits per heavy atom. The molecule has 4 rings (SSSR count). The van der Waals surface area contributed by atoms with Gasteiger partial charge in [-0.15, -0.1) is 5.10 Å². The number of benzene rings is 2. The highest BCUT2D eigenvalue weighted by atomic mass is 35.5. The van der Waals surface area contributed by atoms with Crippen LogP contribution in [0.15, 0.2) is 50.5 Å². The number of halogens is 5. The van der Waals surface area contributed by atoms with Crippen LogP contribution < -0.4 is 31.0 Å². The van der Waals surface area contributed by atoms with Crippen molar-refractivity contribution < 1.29 is 59.6 Å². The normalized spacial score (nSPS) is 13.1. The zero-order chi connectivity index (χ0) is 46.7. The van der Waals surface area contributed by atoms with Crippen LogP contribution in [0.4, 0.5) is 23.9 Å². The number of hydrogen-bond donors (Lipinski definition) is 5. The predicted molar refractivity (Wildman–Crippen MR) is 219 cm³/mol. The minimum Gasteiger partial charge on any atom is -0.489 e. The Kier molecular flexibility index (Phi) is 18.7. The molecule has 0 aliphatic rings. The van der Waals surface area contributed by atoms with Crippen molar-refractivity contribution in [1.29, 1.82) is 0 Å². The van der Waals surface area contributed by atoms with Gasteiger partial charge < -0.3 is 29.6 Å². The molecule has 0 aliphatic carbocycles. The van der Waals surface area contributed by atoms with Crippen molar-refractivity contribution >= 4 is 58.5 Å². The molecule has 2 amide bonds. The molecule has 4 aromatic rings. The number of ether oxygens (including phenoxy) is 2. The third-order valence-electron chi connectivity index (χ3n) is 7.26. The molecule has 6 N–H and O–H groups in total. The molecule has 0 fully saturated rings. The van der Waals surface area contributed by atoms with Crippen LogP contribution in [-0.2, 0) is 31.2 Å². The summed E-state index contributed by atoms with van der Waals surface area (Å²) in [6.07, 6.45) is -6.26. The second-order valence-corrected chi connectivity index (χ2v) is 19.2. The van der Waals surface area contributed by atoms with Crippen molar-refractivity contribution in [2.45, 2.75) is 89.4 Å². The third-order valence-corrected chi connectivity index (χ3v) is 10.4. The standard InChI is InChI=1S/C15H18Cl2N2O3.C15H16F3N5O4S.C5H12NO4P/c1-8(2)21-12-7-11(9(16)6-10(12)17)19-14(20)22-13(18-19)15(3,4)5;1-9-19-12(22-14(20-9)27-2)21-13(24)23-28(25,26)11-6-4-3-5-10(11)7-8-15(16,17)18;1-11(9,10)3-2-4(6)5(7)8/h6-8H,1-5H3;3-6H,7-8H2,1-2H3,(H2,19,20,21,22,23,24);4H,2-3,6H2,1H3,(H,7,8)(H,9,10). The lowest BCUT2D eigenvalue weighted by Crippen LogP contribution is -2.35. The largest absolute Gasteiger partial charge is 0.489 e. The van der Waals surface area contributed by atoms with Gasteiger partial charge >= 0.3 is 29.9 Å². The van der Waals surface area contributed by atoms with Crippen LogP contribution in [-0.4, -0.2) is 93.4 Å². The van der Waals surface area contributed by atoms with Crippen LogP contribution in [0, 0.1) is 6.92 Å². The number of nitrogens with two attached hydrogens (primary N) is 1. The Labute approximate surface area is 358 Å². The molecule has 19 nitrogen and oxygen atoms in total. The molecule has 2 atom stereocenters. The lowest BCUT2D eigenvalue weighted by Gasteiger charge is -2.13. The summed E-state index contributed by atoms with van der Waals surface area (Å²) in [7, 11) is -6.25. The van der Waals surface area contributed by atoms with E-state index in [1.165, 1.54) is 45.0 Å². The van der Waals surface area contributed by atoms with Gasteiger partial charge in [0.1, 0.15) is 17.6 Å². The van der Waals surface area contributed by atoms with Crippen molar-refractivity contribution in [2.24, 2.45) is 5.73 Å². The molecule has 2 aromatic carbocycles. The van der Waals surface area contributed by atoms with E-state index in [2.05, 4.69) is 25.4 Å². The molecule has 0 aliphatic heterocycles. The number of aromatic nitrogens is 5. The summed E-state index contributed by atoms with van der Waals surface area (Å²) in [5.74, 6) is -1.04. The van der Waals surface area contributed by atoms with Gasteiger partial charge in [0.15, 0.2) is 7.37 Å². The minimum absolute atomic E-state index is 0.0412. The highest BCUT2D eigenvalue weighted by Gasteiger charge is 2.29. The van der Waals surface area contributed by atoms with E-state index in [4.69, 9.17) is 52.8 Å². The summed E-state index contributed by atoms with van der Waals surface area (Å²) in [6, 6.07) is 5.89. The summed E-state index contributed by atoms with van der Waals surface area (Å²) in [4.78, 5) is 53.9. The molecule has 2 unspecified atom stereocenters.